The normalized spacial score (nSPS) is 14.5. The van der Waals surface area contributed by atoms with Crippen molar-refractivity contribution in [2.45, 2.75) is 33.1 Å². The molecule has 0 unspecified atom stereocenters. The third-order valence-electron chi connectivity index (χ3n) is 3.07. The molecule has 1 aliphatic rings. The van der Waals surface area contributed by atoms with Crippen LogP contribution in [0.4, 0.5) is 0 Å². The first kappa shape index (κ1) is 10.2. The second kappa shape index (κ2) is 4.48. The van der Waals surface area contributed by atoms with Gasteiger partial charge in [0.05, 0.1) is 0 Å². The van der Waals surface area contributed by atoms with E-state index in [4.69, 9.17) is 0 Å². The van der Waals surface area contributed by atoms with Crippen LogP contribution < -0.4 is 0 Å². The molecule has 0 radical (unpaired) electrons. The Hall–Kier alpha value is -1.30. The van der Waals surface area contributed by atoms with E-state index in [0.717, 1.165) is 6.42 Å². The molecule has 78 valence electrons. The maximum absolute atomic E-state index is 2.27. The van der Waals surface area contributed by atoms with Crippen molar-refractivity contribution in [2.24, 2.45) is 0 Å². The van der Waals surface area contributed by atoms with Gasteiger partial charge in [-0.3, -0.25) is 0 Å². The van der Waals surface area contributed by atoms with Crippen LogP contribution in [0.15, 0.2) is 24.3 Å². The van der Waals surface area contributed by atoms with Gasteiger partial charge in [0.2, 0.25) is 0 Å². The monoisotopic (exact) mass is 198 g/mol. The van der Waals surface area contributed by atoms with Gasteiger partial charge in [0.1, 0.15) is 0 Å². The van der Waals surface area contributed by atoms with Crippen LogP contribution in [0.2, 0.25) is 0 Å². The van der Waals surface area contributed by atoms with Crippen LogP contribution in [0, 0.1) is 6.92 Å². The molecule has 1 aliphatic carbocycles. The van der Waals surface area contributed by atoms with Crippen molar-refractivity contribution in [1.82, 2.24) is 0 Å². The highest BCUT2D eigenvalue weighted by Crippen LogP contribution is 2.25. The molecule has 0 heterocycles. The standard InChI is InChI=1S/C15H18/c1-3-4-7-13-10-11-14-8-5-6-9-15(14)12(13)2/h4-5,7-8,10-11H,3,6,9H2,1-2H3/b7-4-. The third kappa shape index (κ3) is 2.04. The minimum absolute atomic E-state index is 1.11. The molecule has 0 fully saturated rings. The molecule has 0 aromatic heterocycles. The van der Waals surface area contributed by atoms with Crippen LogP contribution in [0.25, 0.3) is 12.2 Å². The van der Waals surface area contributed by atoms with E-state index in [1.807, 2.05) is 0 Å². The molecule has 0 amide bonds. The van der Waals surface area contributed by atoms with Crippen molar-refractivity contribution in [3.63, 3.8) is 0 Å². The summed E-state index contributed by atoms with van der Waals surface area (Å²) in [5.41, 5.74) is 5.79. The van der Waals surface area contributed by atoms with Gasteiger partial charge in [-0.05, 0) is 48.4 Å². The van der Waals surface area contributed by atoms with Crippen LogP contribution in [-0.2, 0) is 6.42 Å². The van der Waals surface area contributed by atoms with Gasteiger partial charge in [0.25, 0.3) is 0 Å². The second-order valence-electron chi connectivity index (χ2n) is 4.10. The maximum atomic E-state index is 2.27. The van der Waals surface area contributed by atoms with Gasteiger partial charge in [0.15, 0.2) is 0 Å². The summed E-state index contributed by atoms with van der Waals surface area (Å²) in [6.45, 7) is 4.42. The minimum atomic E-state index is 1.11. The third-order valence-corrected chi connectivity index (χ3v) is 3.07. The number of rotatable bonds is 2. The molecule has 0 saturated carbocycles. The average Bonchev–Trinajstić information content (AvgIpc) is 2.29. The lowest BCUT2D eigenvalue weighted by atomic mass is 9.90. The highest BCUT2D eigenvalue weighted by molar-refractivity contribution is 5.65. The van der Waals surface area contributed by atoms with Crippen LogP contribution in [0.1, 0.15) is 42.0 Å². The van der Waals surface area contributed by atoms with Gasteiger partial charge < -0.3 is 0 Å². The minimum Gasteiger partial charge on any atom is -0.0842 e. The number of fused-ring (bicyclic) bond motifs is 1. The van der Waals surface area contributed by atoms with E-state index in [2.05, 4.69) is 50.3 Å². The Morgan fingerprint density at radius 2 is 2.20 bits per heavy atom. The molecule has 1 aromatic carbocycles. The van der Waals surface area contributed by atoms with Crippen LogP contribution in [0.5, 0.6) is 0 Å². The molecule has 15 heavy (non-hydrogen) atoms. The lowest BCUT2D eigenvalue weighted by Crippen LogP contribution is -1.99. The Morgan fingerprint density at radius 1 is 1.33 bits per heavy atom. The summed E-state index contributed by atoms with van der Waals surface area (Å²) >= 11 is 0. The molecule has 0 bridgehead atoms. The Morgan fingerprint density at radius 3 is 3.00 bits per heavy atom. The first-order valence-electron chi connectivity index (χ1n) is 5.78. The first-order valence-corrected chi connectivity index (χ1v) is 5.78. The molecule has 0 spiro atoms. The Labute approximate surface area is 92.3 Å². The largest absolute Gasteiger partial charge is 0.0842 e. The fraction of sp³-hybridized carbons (Fsp3) is 0.333. The van der Waals surface area contributed by atoms with Gasteiger partial charge in [-0.2, -0.15) is 0 Å². The van der Waals surface area contributed by atoms with Crippen LogP contribution in [0.3, 0.4) is 0 Å². The summed E-state index contributed by atoms with van der Waals surface area (Å²) in [6.07, 6.45) is 12.5. The second-order valence-corrected chi connectivity index (χ2v) is 4.10. The topological polar surface area (TPSA) is 0 Å². The van der Waals surface area contributed by atoms with Crippen molar-refractivity contribution in [1.29, 1.82) is 0 Å². The SMILES string of the molecule is CC/C=C\c1ccc2c(c1C)CCC=C2. The van der Waals surface area contributed by atoms with E-state index < -0.39 is 0 Å². The summed E-state index contributed by atoms with van der Waals surface area (Å²) < 4.78 is 0. The summed E-state index contributed by atoms with van der Waals surface area (Å²) in [5.74, 6) is 0. The van der Waals surface area contributed by atoms with E-state index in [9.17, 15) is 0 Å². The van der Waals surface area contributed by atoms with Crippen molar-refractivity contribution >= 4 is 12.2 Å². The van der Waals surface area contributed by atoms with Gasteiger partial charge in [-0.15, -0.1) is 0 Å². The number of hydrogen-bond acceptors (Lipinski definition) is 0. The van der Waals surface area contributed by atoms with E-state index in [1.165, 1.54) is 35.1 Å². The van der Waals surface area contributed by atoms with Crippen LogP contribution in [-0.4, -0.2) is 0 Å². The number of benzene rings is 1. The van der Waals surface area contributed by atoms with Gasteiger partial charge in [-0.25, -0.2) is 0 Å². The van der Waals surface area contributed by atoms with Crippen molar-refractivity contribution in [3.8, 4) is 0 Å². The molecule has 0 saturated heterocycles. The predicted octanol–water partition coefficient (Wildman–Crippen LogP) is 4.38. The lowest BCUT2D eigenvalue weighted by molar-refractivity contribution is 0.969. The average molecular weight is 198 g/mol. The van der Waals surface area contributed by atoms with Crippen molar-refractivity contribution in [2.75, 3.05) is 0 Å². The summed E-state index contributed by atoms with van der Waals surface area (Å²) in [5, 5.41) is 0. The van der Waals surface area contributed by atoms with E-state index in [-0.39, 0.29) is 0 Å². The molecular weight excluding hydrogens is 180 g/mol. The van der Waals surface area contributed by atoms with Gasteiger partial charge >= 0.3 is 0 Å². The Kier molecular flexibility index (Phi) is 3.05. The van der Waals surface area contributed by atoms with Crippen molar-refractivity contribution in [3.05, 3.63) is 46.5 Å². The fourth-order valence-corrected chi connectivity index (χ4v) is 2.15. The molecular formula is C15H18. The van der Waals surface area contributed by atoms with Crippen LogP contribution >= 0.6 is 0 Å². The predicted molar refractivity (Wildman–Crippen MR) is 67.9 cm³/mol. The summed E-state index contributed by atoms with van der Waals surface area (Å²) in [6, 6.07) is 4.48. The van der Waals surface area contributed by atoms with E-state index >= 15 is 0 Å². The summed E-state index contributed by atoms with van der Waals surface area (Å²) in [7, 11) is 0. The number of hydrogen-bond donors (Lipinski definition) is 0. The van der Waals surface area contributed by atoms with Gasteiger partial charge in [-0.1, -0.05) is 43.4 Å². The molecule has 0 heteroatoms. The van der Waals surface area contributed by atoms with E-state index in [0.29, 0.717) is 0 Å². The molecule has 0 aliphatic heterocycles. The smallest absolute Gasteiger partial charge is 0.0225 e. The molecule has 2 rings (SSSR count). The first-order chi connectivity index (χ1) is 7.33. The summed E-state index contributed by atoms with van der Waals surface area (Å²) in [4.78, 5) is 0. The van der Waals surface area contributed by atoms with Gasteiger partial charge in [0, 0.05) is 0 Å². The Bertz CT molecular complexity index is 408. The number of allylic oxidation sites excluding steroid dienone is 2. The molecule has 0 nitrogen and oxygen atoms in total. The zero-order chi connectivity index (χ0) is 10.7. The molecule has 1 aromatic rings. The zero-order valence-corrected chi connectivity index (χ0v) is 9.59. The zero-order valence-electron chi connectivity index (χ0n) is 9.59. The lowest BCUT2D eigenvalue weighted by Gasteiger charge is -2.15. The highest BCUT2D eigenvalue weighted by Gasteiger charge is 2.08. The highest BCUT2D eigenvalue weighted by atomic mass is 14.1. The van der Waals surface area contributed by atoms with Crippen molar-refractivity contribution < 1.29 is 0 Å². The fourth-order valence-electron chi connectivity index (χ4n) is 2.15. The molecule has 0 atom stereocenters. The van der Waals surface area contributed by atoms with E-state index in [1.54, 1.807) is 0 Å². The Balaban J connectivity index is 2.44. The quantitative estimate of drug-likeness (QED) is 0.661. The molecule has 0 N–H and O–H groups in total. The maximum Gasteiger partial charge on any atom is -0.0225 e.